The zero-order valence-corrected chi connectivity index (χ0v) is 11.6. The van der Waals surface area contributed by atoms with Gasteiger partial charge in [-0.1, -0.05) is 6.07 Å². The Morgan fingerprint density at radius 1 is 1.19 bits per heavy atom. The summed E-state index contributed by atoms with van der Waals surface area (Å²) in [6, 6.07) is 9.74. The van der Waals surface area contributed by atoms with E-state index in [2.05, 4.69) is 9.97 Å². The second-order valence-electron chi connectivity index (χ2n) is 4.73. The van der Waals surface area contributed by atoms with Crippen molar-refractivity contribution >= 4 is 10.9 Å². The first-order chi connectivity index (χ1) is 10.1. The summed E-state index contributed by atoms with van der Waals surface area (Å²) in [6.45, 7) is 1.72. The van der Waals surface area contributed by atoms with Gasteiger partial charge in [0, 0.05) is 11.6 Å². The Kier molecular flexibility index (Phi) is 3.17. The van der Waals surface area contributed by atoms with Crippen LogP contribution in [0.5, 0.6) is 5.75 Å². The molecule has 0 saturated carbocycles. The lowest BCUT2D eigenvalue weighted by molar-refractivity contribution is 0.411. The van der Waals surface area contributed by atoms with E-state index in [0.29, 0.717) is 33.6 Å². The highest BCUT2D eigenvalue weighted by molar-refractivity contribution is 5.83. The van der Waals surface area contributed by atoms with Crippen LogP contribution in [0, 0.1) is 12.7 Å². The number of nitrogens with zero attached hydrogens (tertiary/aromatic N) is 1. The molecular weight excluding hydrogens is 271 g/mol. The molecule has 0 unspecified atom stereocenters. The molecule has 0 fully saturated rings. The van der Waals surface area contributed by atoms with Crippen LogP contribution in [-0.2, 0) is 0 Å². The predicted molar refractivity (Wildman–Crippen MR) is 79.0 cm³/mol. The van der Waals surface area contributed by atoms with E-state index in [9.17, 15) is 9.18 Å². The van der Waals surface area contributed by atoms with Gasteiger partial charge in [-0.3, -0.25) is 4.79 Å². The number of aromatic nitrogens is 2. The van der Waals surface area contributed by atoms with Gasteiger partial charge in [-0.25, -0.2) is 9.37 Å². The third-order valence-corrected chi connectivity index (χ3v) is 3.31. The highest BCUT2D eigenvalue weighted by atomic mass is 19.1. The number of aromatic amines is 1. The molecule has 0 radical (unpaired) electrons. The number of halogens is 1. The van der Waals surface area contributed by atoms with Crippen molar-refractivity contribution in [2.45, 2.75) is 6.92 Å². The molecule has 106 valence electrons. The van der Waals surface area contributed by atoms with Crippen molar-refractivity contribution < 1.29 is 9.13 Å². The van der Waals surface area contributed by atoms with Crippen molar-refractivity contribution in [1.82, 2.24) is 9.97 Å². The summed E-state index contributed by atoms with van der Waals surface area (Å²) < 4.78 is 19.1. The number of nitrogens with one attached hydrogen (secondary N) is 1. The molecule has 0 atom stereocenters. The molecule has 21 heavy (non-hydrogen) atoms. The van der Waals surface area contributed by atoms with Gasteiger partial charge in [0.15, 0.2) is 0 Å². The molecule has 1 heterocycles. The average Bonchev–Trinajstić information content (AvgIpc) is 2.47. The number of methoxy groups -OCH3 is 1. The van der Waals surface area contributed by atoms with Crippen molar-refractivity contribution in [3.63, 3.8) is 0 Å². The molecular formula is C16H13FN2O2. The maximum absolute atomic E-state index is 14.1. The molecule has 0 aliphatic rings. The highest BCUT2D eigenvalue weighted by Gasteiger charge is 2.09. The van der Waals surface area contributed by atoms with Crippen LogP contribution in [0.4, 0.5) is 4.39 Å². The van der Waals surface area contributed by atoms with Crippen LogP contribution in [0.1, 0.15) is 5.82 Å². The first-order valence-corrected chi connectivity index (χ1v) is 6.43. The molecule has 3 aromatic rings. The minimum Gasteiger partial charge on any atom is -0.497 e. The van der Waals surface area contributed by atoms with Crippen LogP contribution >= 0.6 is 0 Å². The topological polar surface area (TPSA) is 55.0 Å². The monoisotopic (exact) mass is 284 g/mol. The molecule has 0 bridgehead atoms. The predicted octanol–water partition coefficient (Wildman–Crippen LogP) is 3.05. The van der Waals surface area contributed by atoms with E-state index in [4.69, 9.17) is 4.74 Å². The van der Waals surface area contributed by atoms with Crippen LogP contribution in [0.15, 0.2) is 41.2 Å². The molecule has 3 rings (SSSR count). The van der Waals surface area contributed by atoms with Gasteiger partial charge < -0.3 is 9.72 Å². The first kappa shape index (κ1) is 13.3. The van der Waals surface area contributed by atoms with Crippen LogP contribution in [0.2, 0.25) is 0 Å². The Labute approximate surface area is 120 Å². The zero-order chi connectivity index (χ0) is 15.0. The Morgan fingerprint density at radius 3 is 2.71 bits per heavy atom. The number of aryl methyl sites for hydroxylation is 1. The quantitative estimate of drug-likeness (QED) is 0.787. The van der Waals surface area contributed by atoms with Crippen molar-refractivity contribution in [2.24, 2.45) is 0 Å². The van der Waals surface area contributed by atoms with E-state index in [0.717, 1.165) is 0 Å². The third-order valence-electron chi connectivity index (χ3n) is 3.31. The summed E-state index contributed by atoms with van der Waals surface area (Å²) in [6.07, 6.45) is 0. The van der Waals surface area contributed by atoms with Gasteiger partial charge in [0.2, 0.25) is 0 Å². The van der Waals surface area contributed by atoms with E-state index >= 15 is 0 Å². The second kappa shape index (κ2) is 5.01. The number of fused-ring (bicyclic) bond motifs is 1. The SMILES string of the molecule is COc1ccc(-c2ccc3nc(C)[nH]c(=O)c3c2)c(F)c1. The fraction of sp³-hybridized carbons (Fsp3) is 0.125. The van der Waals surface area contributed by atoms with Crippen molar-refractivity contribution in [2.75, 3.05) is 7.11 Å². The zero-order valence-electron chi connectivity index (χ0n) is 11.6. The molecule has 0 spiro atoms. The normalized spacial score (nSPS) is 10.8. The summed E-state index contributed by atoms with van der Waals surface area (Å²) in [5, 5.41) is 0.438. The first-order valence-electron chi connectivity index (χ1n) is 6.43. The van der Waals surface area contributed by atoms with Crippen molar-refractivity contribution in [1.29, 1.82) is 0 Å². The number of ether oxygens (including phenoxy) is 1. The number of H-pyrrole nitrogens is 1. The highest BCUT2D eigenvalue weighted by Crippen LogP contribution is 2.27. The Morgan fingerprint density at radius 2 is 2.00 bits per heavy atom. The van der Waals surface area contributed by atoms with Gasteiger partial charge in [0.1, 0.15) is 17.4 Å². The Bertz CT molecular complexity index is 887. The van der Waals surface area contributed by atoms with Gasteiger partial charge in [-0.05, 0) is 36.8 Å². The summed E-state index contributed by atoms with van der Waals surface area (Å²) in [4.78, 5) is 18.9. The lowest BCUT2D eigenvalue weighted by Gasteiger charge is -2.07. The van der Waals surface area contributed by atoms with Gasteiger partial charge in [-0.2, -0.15) is 0 Å². The lowest BCUT2D eigenvalue weighted by atomic mass is 10.0. The fourth-order valence-electron chi connectivity index (χ4n) is 2.28. The van der Waals surface area contributed by atoms with Gasteiger partial charge in [0.25, 0.3) is 5.56 Å². The van der Waals surface area contributed by atoms with E-state index in [1.54, 1.807) is 37.3 Å². The number of rotatable bonds is 2. The van der Waals surface area contributed by atoms with E-state index in [1.165, 1.54) is 13.2 Å². The minimum atomic E-state index is -0.398. The van der Waals surface area contributed by atoms with Crippen LogP contribution in [0.25, 0.3) is 22.0 Å². The molecule has 0 amide bonds. The van der Waals surface area contributed by atoms with Crippen LogP contribution in [0.3, 0.4) is 0 Å². The van der Waals surface area contributed by atoms with Gasteiger partial charge >= 0.3 is 0 Å². The smallest absolute Gasteiger partial charge is 0.258 e. The Hall–Kier alpha value is -2.69. The van der Waals surface area contributed by atoms with Crippen molar-refractivity contribution in [3.05, 3.63) is 58.4 Å². The maximum Gasteiger partial charge on any atom is 0.258 e. The molecule has 0 aliphatic heterocycles. The molecule has 4 nitrogen and oxygen atoms in total. The Balaban J connectivity index is 2.20. The fourth-order valence-corrected chi connectivity index (χ4v) is 2.28. The molecule has 0 saturated heterocycles. The average molecular weight is 284 g/mol. The summed E-state index contributed by atoms with van der Waals surface area (Å²) in [5.74, 6) is 0.605. The molecule has 1 N–H and O–H groups in total. The lowest BCUT2D eigenvalue weighted by Crippen LogP contribution is -2.09. The summed E-state index contributed by atoms with van der Waals surface area (Å²) in [5.41, 5.74) is 1.40. The van der Waals surface area contributed by atoms with E-state index < -0.39 is 5.82 Å². The standard InChI is InChI=1S/C16H13FN2O2/c1-9-18-15-6-3-10(7-13(15)16(20)19-9)12-5-4-11(21-2)8-14(12)17/h3-8H,1-2H3,(H,18,19,20). The van der Waals surface area contributed by atoms with Gasteiger partial charge in [0.05, 0.1) is 18.0 Å². The number of benzene rings is 2. The molecule has 2 aromatic carbocycles. The summed E-state index contributed by atoms with van der Waals surface area (Å²) >= 11 is 0. The second-order valence-corrected chi connectivity index (χ2v) is 4.73. The number of hydrogen-bond acceptors (Lipinski definition) is 3. The largest absolute Gasteiger partial charge is 0.497 e. The van der Waals surface area contributed by atoms with Gasteiger partial charge in [-0.15, -0.1) is 0 Å². The molecule has 0 aliphatic carbocycles. The van der Waals surface area contributed by atoms with Crippen LogP contribution < -0.4 is 10.3 Å². The van der Waals surface area contributed by atoms with E-state index in [1.807, 2.05) is 0 Å². The van der Waals surface area contributed by atoms with Crippen molar-refractivity contribution in [3.8, 4) is 16.9 Å². The molecule has 5 heteroatoms. The number of hydrogen-bond donors (Lipinski definition) is 1. The summed E-state index contributed by atoms with van der Waals surface area (Å²) in [7, 11) is 1.48. The minimum absolute atomic E-state index is 0.228. The van der Waals surface area contributed by atoms with Crippen LogP contribution in [-0.4, -0.2) is 17.1 Å². The van der Waals surface area contributed by atoms with E-state index in [-0.39, 0.29) is 5.56 Å². The third kappa shape index (κ3) is 2.38. The maximum atomic E-state index is 14.1. The molecule has 1 aromatic heterocycles.